The van der Waals surface area contributed by atoms with Gasteiger partial charge in [-0.3, -0.25) is 4.79 Å². The summed E-state index contributed by atoms with van der Waals surface area (Å²) in [5, 5.41) is 2.97. The zero-order chi connectivity index (χ0) is 10.5. The smallest absolute Gasteiger partial charge is 0.224 e. The molecule has 1 heterocycles. The van der Waals surface area contributed by atoms with Crippen LogP contribution in [0.2, 0.25) is 0 Å². The predicted molar refractivity (Wildman–Crippen MR) is 63.7 cm³/mol. The zero-order valence-electron chi connectivity index (χ0n) is 8.48. The molecule has 0 aromatic heterocycles. The average molecular weight is 220 g/mol. The molecule has 0 spiro atoms. The Labute approximate surface area is 94.4 Å². The molecule has 1 aromatic rings. The van der Waals surface area contributed by atoms with Crippen molar-refractivity contribution >= 4 is 17.7 Å². The molecule has 1 amide bonds. The zero-order valence-corrected chi connectivity index (χ0v) is 9.30. The highest BCUT2D eigenvalue weighted by molar-refractivity contribution is 8.00. The molecule has 2 nitrogen and oxygen atoms in total. The van der Waals surface area contributed by atoms with Gasteiger partial charge in [0, 0.05) is 17.5 Å². The van der Waals surface area contributed by atoms with Crippen LogP contribution in [-0.4, -0.2) is 23.5 Å². The normalized spacial score (nSPS) is 15.7. The van der Waals surface area contributed by atoms with E-state index >= 15 is 0 Å². The van der Waals surface area contributed by atoms with Crippen LogP contribution in [0.25, 0.3) is 0 Å². The van der Waals surface area contributed by atoms with Gasteiger partial charge in [-0.05, 0) is 12.0 Å². The highest BCUT2D eigenvalue weighted by Gasteiger charge is 2.19. The van der Waals surface area contributed by atoms with Gasteiger partial charge in [-0.15, -0.1) is 0 Å². The van der Waals surface area contributed by atoms with Crippen molar-refractivity contribution in [1.29, 1.82) is 0 Å². The molecule has 0 bridgehead atoms. The number of thioether (sulfide) groups is 1. The van der Waals surface area contributed by atoms with Crippen LogP contribution in [0.15, 0.2) is 30.3 Å². The number of hydrogen-bond donors (Lipinski definition) is 1. The number of rotatable bonds is 4. The van der Waals surface area contributed by atoms with Crippen molar-refractivity contribution in [2.45, 2.75) is 12.5 Å². The Balaban J connectivity index is 1.71. The Hall–Kier alpha value is -0.960. The van der Waals surface area contributed by atoms with E-state index in [4.69, 9.17) is 0 Å². The quantitative estimate of drug-likeness (QED) is 0.836. The van der Waals surface area contributed by atoms with Gasteiger partial charge < -0.3 is 5.32 Å². The van der Waals surface area contributed by atoms with Gasteiger partial charge in [0.05, 0.1) is 6.42 Å². The highest BCUT2D eigenvalue weighted by atomic mass is 32.2. The third-order valence-corrected chi connectivity index (χ3v) is 3.63. The number of amides is 1. The Morgan fingerprint density at radius 2 is 2.13 bits per heavy atom. The summed E-state index contributed by atoms with van der Waals surface area (Å²) in [6.45, 7) is 0. The summed E-state index contributed by atoms with van der Waals surface area (Å²) in [7, 11) is 0. The Kier molecular flexibility index (Phi) is 3.67. The van der Waals surface area contributed by atoms with E-state index in [9.17, 15) is 4.79 Å². The molecular formula is C12H14NOS. The Bertz CT molecular complexity index is 322. The van der Waals surface area contributed by atoms with E-state index in [1.165, 1.54) is 5.56 Å². The van der Waals surface area contributed by atoms with Crippen LogP contribution in [0.3, 0.4) is 0 Å². The van der Waals surface area contributed by atoms with Crippen LogP contribution in [0.1, 0.15) is 5.56 Å². The van der Waals surface area contributed by atoms with E-state index in [1.807, 2.05) is 42.1 Å². The molecule has 15 heavy (non-hydrogen) atoms. The number of nitrogens with one attached hydrogen (secondary N) is 1. The lowest BCUT2D eigenvalue weighted by Crippen LogP contribution is -2.44. The van der Waals surface area contributed by atoms with E-state index in [1.54, 1.807) is 6.42 Å². The first-order chi connectivity index (χ1) is 7.34. The minimum atomic E-state index is 0.0594. The van der Waals surface area contributed by atoms with Crippen molar-refractivity contribution in [2.75, 3.05) is 11.5 Å². The molecule has 1 N–H and O–H groups in total. The fourth-order valence-corrected chi connectivity index (χ4v) is 2.04. The van der Waals surface area contributed by atoms with E-state index in [0.717, 1.165) is 11.5 Å². The number of carbonyl (C=O) groups is 1. The molecule has 1 fully saturated rings. The number of benzene rings is 1. The van der Waals surface area contributed by atoms with Crippen molar-refractivity contribution in [3.05, 3.63) is 42.3 Å². The molecule has 0 atom stereocenters. The molecule has 1 aromatic carbocycles. The minimum absolute atomic E-state index is 0.0594. The van der Waals surface area contributed by atoms with Crippen LogP contribution in [-0.2, 0) is 11.2 Å². The molecular weight excluding hydrogens is 206 g/mol. The van der Waals surface area contributed by atoms with E-state index in [0.29, 0.717) is 12.5 Å². The Morgan fingerprint density at radius 3 is 2.73 bits per heavy atom. The number of hydrogen-bond acceptors (Lipinski definition) is 2. The lowest BCUT2D eigenvalue weighted by Gasteiger charge is -2.25. The van der Waals surface area contributed by atoms with E-state index in [-0.39, 0.29) is 5.91 Å². The summed E-state index contributed by atoms with van der Waals surface area (Å²) in [6.07, 6.45) is 2.44. The van der Waals surface area contributed by atoms with Gasteiger partial charge in [0.1, 0.15) is 0 Å². The van der Waals surface area contributed by atoms with Crippen molar-refractivity contribution < 1.29 is 4.79 Å². The van der Waals surface area contributed by atoms with Crippen molar-refractivity contribution in [2.24, 2.45) is 0 Å². The first kappa shape index (κ1) is 10.6. The SMILES string of the molecule is O=C([CH]Cc1ccccc1)NC1CSC1. The minimum Gasteiger partial charge on any atom is -0.351 e. The van der Waals surface area contributed by atoms with Crippen LogP contribution in [0.5, 0.6) is 0 Å². The van der Waals surface area contributed by atoms with Gasteiger partial charge in [0.2, 0.25) is 5.91 Å². The molecule has 3 heteroatoms. The van der Waals surface area contributed by atoms with Gasteiger partial charge in [0.15, 0.2) is 0 Å². The summed E-state index contributed by atoms with van der Waals surface area (Å²) >= 11 is 1.87. The molecule has 0 unspecified atom stereocenters. The lowest BCUT2D eigenvalue weighted by atomic mass is 10.1. The van der Waals surface area contributed by atoms with Gasteiger partial charge in [0.25, 0.3) is 0 Å². The largest absolute Gasteiger partial charge is 0.351 e. The van der Waals surface area contributed by atoms with Crippen LogP contribution >= 0.6 is 11.8 Å². The second-order valence-electron chi connectivity index (χ2n) is 3.64. The van der Waals surface area contributed by atoms with Gasteiger partial charge in [-0.1, -0.05) is 30.3 Å². The fourth-order valence-electron chi connectivity index (χ4n) is 1.40. The molecule has 1 aliphatic rings. The second kappa shape index (κ2) is 5.21. The fraction of sp³-hybridized carbons (Fsp3) is 0.333. The van der Waals surface area contributed by atoms with Crippen molar-refractivity contribution in [3.63, 3.8) is 0 Å². The highest BCUT2D eigenvalue weighted by Crippen LogP contribution is 2.17. The molecule has 79 valence electrons. The summed E-state index contributed by atoms with van der Waals surface area (Å²) in [6, 6.07) is 10.4. The summed E-state index contributed by atoms with van der Waals surface area (Å²) in [5.41, 5.74) is 1.18. The van der Waals surface area contributed by atoms with Crippen molar-refractivity contribution in [3.8, 4) is 0 Å². The molecule has 1 aliphatic heterocycles. The topological polar surface area (TPSA) is 29.1 Å². The maximum atomic E-state index is 11.4. The number of carbonyl (C=O) groups excluding carboxylic acids is 1. The van der Waals surface area contributed by atoms with E-state index < -0.39 is 0 Å². The first-order valence-corrected chi connectivity index (χ1v) is 6.25. The maximum Gasteiger partial charge on any atom is 0.224 e. The van der Waals surface area contributed by atoms with Gasteiger partial charge >= 0.3 is 0 Å². The maximum absolute atomic E-state index is 11.4. The van der Waals surface area contributed by atoms with E-state index in [2.05, 4.69) is 5.32 Å². The Morgan fingerprint density at radius 1 is 1.40 bits per heavy atom. The lowest BCUT2D eigenvalue weighted by molar-refractivity contribution is -0.118. The first-order valence-electron chi connectivity index (χ1n) is 5.10. The molecule has 0 aliphatic carbocycles. The second-order valence-corrected chi connectivity index (χ2v) is 4.71. The third-order valence-electron chi connectivity index (χ3n) is 2.35. The molecule has 1 radical (unpaired) electrons. The molecule has 1 saturated heterocycles. The summed E-state index contributed by atoms with van der Waals surface area (Å²) < 4.78 is 0. The predicted octanol–water partition coefficient (Wildman–Crippen LogP) is 1.66. The third kappa shape index (κ3) is 3.27. The van der Waals surface area contributed by atoms with Crippen LogP contribution in [0, 0.1) is 6.42 Å². The molecule has 2 rings (SSSR count). The monoisotopic (exact) mass is 220 g/mol. The average Bonchev–Trinajstić information content (AvgIpc) is 2.22. The van der Waals surface area contributed by atoms with Crippen LogP contribution in [0.4, 0.5) is 0 Å². The summed E-state index contributed by atoms with van der Waals surface area (Å²) in [5.74, 6) is 2.18. The standard InChI is InChI=1S/C12H14NOS/c14-12(13-11-8-15-9-11)7-6-10-4-2-1-3-5-10/h1-5,7,11H,6,8-9H2,(H,13,14). The molecule has 0 saturated carbocycles. The summed E-state index contributed by atoms with van der Waals surface area (Å²) in [4.78, 5) is 11.4. The van der Waals surface area contributed by atoms with Crippen molar-refractivity contribution in [1.82, 2.24) is 5.32 Å². The van der Waals surface area contributed by atoms with Gasteiger partial charge in [-0.2, -0.15) is 11.8 Å². The van der Waals surface area contributed by atoms with Gasteiger partial charge in [-0.25, -0.2) is 0 Å². The van der Waals surface area contributed by atoms with Crippen LogP contribution < -0.4 is 5.32 Å².